The van der Waals surface area contributed by atoms with Gasteiger partial charge in [-0.15, -0.1) is 0 Å². The number of aliphatic hydroxyl groups excluding tert-OH is 1. The maximum atomic E-state index is 9.52. The van der Waals surface area contributed by atoms with E-state index in [1.165, 1.54) is 0 Å². The zero-order chi connectivity index (χ0) is 9.14. The van der Waals surface area contributed by atoms with Crippen molar-refractivity contribution in [2.24, 2.45) is 5.92 Å². The summed E-state index contributed by atoms with van der Waals surface area (Å²) in [5.41, 5.74) is 0. The Labute approximate surface area is 71.7 Å². The molecule has 0 bridgehead atoms. The summed E-state index contributed by atoms with van der Waals surface area (Å²) in [6.07, 6.45) is -1.25. The average molecular weight is 171 g/mol. The molecule has 0 spiro atoms. The molecule has 0 aromatic rings. The van der Waals surface area contributed by atoms with Crippen LogP contribution in [0.4, 0.5) is 0 Å². The Morgan fingerprint density at radius 1 is 1.75 bits per heavy atom. The van der Waals surface area contributed by atoms with Crippen LogP contribution in [0.3, 0.4) is 0 Å². The Kier molecular flexibility index (Phi) is 3.04. The zero-order valence-corrected chi connectivity index (χ0v) is 7.23. The van der Waals surface area contributed by atoms with Crippen molar-refractivity contribution in [3.63, 3.8) is 0 Å². The van der Waals surface area contributed by atoms with Crippen molar-refractivity contribution in [2.45, 2.75) is 25.2 Å². The van der Waals surface area contributed by atoms with E-state index >= 15 is 0 Å². The summed E-state index contributed by atoms with van der Waals surface area (Å²) < 4.78 is 10.2. The first-order valence-electron chi connectivity index (χ1n) is 3.92. The lowest BCUT2D eigenvalue weighted by atomic mass is 10.0. The monoisotopic (exact) mass is 171 g/mol. The highest BCUT2D eigenvalue weighted by atomic mass is 16.5. The molecular formula is C8H13NO3. The molecule has 4 heteroatoms. The van der Waals surface area contributed by atoms with E-state index in [4.69, 9.17) is 14.7 Å². The van der Waals surface area contributed by atoms with Gasteiger partial charge < -0.3 is 14.6 Å². The van der Waals surface area contributed by atoms with Crippen LogP contribution in [0.2, 0.25) is 0 Å². The number of nitrogens with zero attached hydrogens (tertiary/aromatic N) is 1. The lowest BCUT2D eigenvalue weighted by Crippen LogP contribution is -2.35. The van der Waals surface area contributed by atoms with Gasteiger partial charge in [0.2, 0.25) is 0 Å². The number of methoxy groups -OCH3 is 1. The van der Waals surface area contributed by atoms with Crippen molar-refractivity contribution in [1.29, 1.82) is 5.26 Å². The fourth-order valence-electron chi connectivity index (χ4n) is 1.30. The van der Waals surface area contributed by atoms with Gasteiger partial charge in [-0.25, -0.2) is 0 Å². The summed E-state index contributed by atoms with van der Waals surface area (Å²) in [6.45, 7) is 2.11. The third-order valence-corrected chi connectivity index (χ3v) is 2.22. The van der Waals surface area contributed by atoms with Crippen LogP contribution in [0.15, 0.2) is 0 Å². The Bertz CT molecular complexity index is 189. The molecule has 0 amide bonds. The predicted molar refractivity (Wildman–Crippen MR) is 41.3 cm³/mol. The van der Waals surface area contributed by atoms with Gasteiger partial charge in [0.05, 0.1) is 24.7 Å². The molecule has 1 fully saturated rings. The Hall–Kier alpha value is -0.630. The minimum absolute atomic E-state index is 0.168. The molecule has 0 aromatic heterocycles. The molecular weight excluding hydrogens is 158 g/mol. The van der Waals surface area contributed by atoms with E-state index in [1.54, 1.807) is 7.11 Å². The topological polar surface area (TPSA) is 62.5 Å². The number of nitriles is 1. The van der Waals surface area contributed by atoms with E-state index < -0.39 is 12.0 Å². The minimum atomic E-state index is -0.718. The van der Waals surface area contributed by atoms with E-state index in [0.717, 1.165) is 0 Å². The fraction of sp³-hybridized carbons (Fsp3) is 0.875. The summed E-state index contributed by atoms with van der Waals surface area (Å²) in [4.78, 5) is 0. The molecule has 0 saturated carbocycles. The van der Waals surface area contributed by atoms with Crippen molar-refractivity contribution < 1.29 is 14.6 Å². The van der Waals surface area contributed by atoms with Gasteiger partial charge >= 0.3 is 0 Å². The molecule has 4 nitrogen and oxygen atoms in total. The smallest absolute Gasteiger partial charge is 0.111 e. The van der Waals surface area contributed by atoms with Crippen LogP contribution in [-0.2, 0) is 9.47 Å². The van der Waals surface area contributed by atoms with Crippen molar-refractivity contribution >= 4 is 0 Å². The van der Waals surface area contributed by atoms with Crippen molar-refractivity contribution in [2.75, 3.05) is 13.7 Å². The highest BCUT2D eigenvalue weighted by Crippen LogP contribution is 2.23. The first kappa shape index (κ1) is 9.46. The first-order valence-corrected chi connectivity index (χ1v) is 3.92. The molecule has 0 radical (unpaired) electrons. The summed E-state index contributed by atoms with van der Waals surface area (Å²) in [6, 6.07) is 1.99. The molecule has 4 atom stereocenters. The molecule has 12 heavy (non-hydrogen) atoms. The summed E-state index contributed by atoms with van der Waals surface area (Å²) in [5, 5.41) is 18.1. The second kappa shape index (κ2) is 3.85. The molecule has 1 rings (SSSR count). The van der Waals surface area contributed by atoms with E-state index in [9.17, 15) is 5.11 Å². The number of hydrogen-bond donors (Lipinski definition) is 1. The molecule has 0 aromatic carbocycles. The zero-order valence-electron chi connectivity index (χ0n) is 7.23. The van der Waals surface area contributed by atoms with Crippen LogP contribution < -0.4 is 0 Å². The van der Waals surface area contributed by atoms with Gasteiger partial charge in [0, 0.05) is 7.11 Å². The average Bonchev–Trinajstić information content (AvgIpc) is 2.45. The summed E-state index contributed by atoms with van der Waals surface area (Å²) in [7, 11) is 1.56. The van der Waals surface area contributed by atoms with Gasteiger partial charge in [-0.2, -0.15) is 5.26 Å². The summed E-state index contributed by atoms with van der Waals surface area (Å²) in [5.74, 6) is -0.410. The molecule has 3 unspecified atom stereocenters. The van der Waals surface area contributed by atoms with Gasteiger partial charge in [0.15, 0.2) is 0 Å². The van der Waals surface area contributed by atoms with Gasteiger partial charge in [-0.05, 0) is 6.92 Å². The van der Waals surface area contributed by atoms with Gasteiger partial charge in [-0.1, -0.05) is 0 Å². The third-order valence-electron chi connectivity index (χ3n) is 2.22. The quantitative estimate of drug-likeness (QED) is 0.631. The lowest BCUT2D eigenvalue weighted by Gasteiger charge is -2.20. The van der Waals surface area contributed by atoms with Gasteiger partial charge in [0.25, 0.3) is 0 Å². The second-order valence-electron chi connectivity index (χ2n) is 2.96. The van der Waals surface area contributed by atoms with Gasteiger partial charge in [-0.3, -0.25) is 0 Å². The lowest BCUT2D eigenvalue weighted by molar-refractivity contribution is -0.0559. The number of rotatable bonds is 2. The van der Waals surface area contributed by atoms with Crippen LogP contribution in [-0.4, -0.2) is 37.1 Å². The predicted octanol–water partition coefficient (Wildman–Crippen LogP) is -0.0792. The van der Waals surface area contributed by atoms with Gasteiger partial charge in [0.1, 0.15) is 12.2 Å². The minimum Gasteiger partial charge on any atom is -0.389 e. The van der Waals surface area contributed by atoms with Crippen molar-refractivity contribution in [1.82, 2.24) is 0 Å². The highest BCUT2D eigenvalue weighted by molar-refractivity contribution is 4.97. The Morgan fingerprint density at radius 2 is 2.42 bits per heavy atom. The third kappa shape index (κ3) is 1.58. The second-order valence-corrected chi connectivity index (χ2v) is 2.96. The first-order chi connectivity index (χ1) is 5.70. The normalized spacial score (nSPS) is 37.7. The van der Waals surface area contributed by atoms with Crippen molar-refractivity contribution in [3.8, 4) is 6.07 Å². The fourth-order valence-corrected chi connectivity index (χ4v) is 1.30. The van der Waals surface area contributed by atoms with Crippen LogP contribution >= 0.6 is 0 Å². The van der Waals surface area contributed by atoms with E-state index in [2.05, 4.69) is 0 Å². The number of hydrogen-bond acceptors (Lipinski definition) is 4. The van der Waals surface area contributed by atoms with E-state index in [-0.39, 0.29) is 12.2 Å². The number of aliphatic hydroxyl groups is 1. The molecule has 1 saturated heterocycles. The highest BCUT2D eigenvalue weighted by Gasteiger charge is 2.39. The largest absolute Gasteiger partial charge is 0.389 e. The van der Waals surface area contributed by atoms with Crippen LogP contribution in [0.5, 0.6) is 0 Å². The SMILES string of the molecule is COC(C)C1OC[C@@H](C#N)C1O. The van der Waals surface area contributed by atoms with E-state index in [1.807, 2.05) is 13.0 Å². The maximum Gasteiger partial charge on any atom is 0.111 e. The van der Waals surface area contributed by atoms with Crippen LogP contribution in [0.1, 0.15) is 6.92 Å². The molecule has 1 heterocycles. The Balaban J connectivity index is 2.55. The molecule has 1 N–H and O–H groups in total. The molecule has 1 aliphatic heterocycles. The van der Waals surface area contributed by atoms with Crippen molar-refractivity contribution in [3.05, 3.63) is 0 Å². The molecule has 0 aliphatic carbocycles. The maximum absolute atomic E-state index is 9.52. The summed E-state index contributed by atoms with van der Waals surface area (Å²) >= 11 is 0. The molecule has 68 valence electrons. The standard InChI is InChI=1S/C8H13NO3/c1-5(11-2)8-7(10)6(3-9)4-12-8/h5-8,10H,4H2,1-2H3/t5?,6-,7?,8?/m1/s1. The number of ether oxygens (including phenoxy) is 2. The van der Waals surface area contributed by atoms with Crippen LogP contribution in [0.25, 0.3) is 0 Å². The van der Waals surface area contributed by atoms with E-state index in [0.29, 0.717) is 6.61 Å². The molecule has 1 aliphatic rings. The Morgan fingerprint density at radius 3 is 2.83 bits per heavy atom. The van der Waals surface area contributed by atoms with Crippen LogP contribution in [0, 0.1) is 17.2 Å².